The van der Waals surface area contributed by atoms with E-state index in [1.165, 1.54) is 0 Å². The number of nitrogens with zero attached hydrogens (tertiary/aromatic N) is 2. The number of pyridine rings is 1. The molecule has 32 heavy (non-hydrogen) atoms. The number of hydrogen-bond acceptors (Lipinski definition) is 4. The number of fused-ring (bicyclic) bond motifs is 1. The number of rotatable bonds is 7. The lowest BCUT2D eigenvalue weighted by Gasteiger charge is -2.32. The maximum absolute atomic E-state index is 12.3. The number of hydrogen-bond donors (Lipinski definition) is 1. The molecule has 1 N–H and O–H groups in total. The van der Waals surface area contributed by atoms with E-state index < -0.39 is 0 Å². The van der Waals surface area contributed by atoms with Gasteiger partial charge in [0.15, 0.2) is 0 Å². The fourth-order valence-electron chi connectivity index (χ4n) is 4.33. The second kappa shape index (κ2) is 10.0. The highest BCUT2D eigenvalue weighted by atomic mass is 16.5. The largest absolute Gasteiger partial charge is 0.493 e. The summed E-state index contributed by atoms with van der Waals surface area (Å²) in [6.07, 6.45) is 2.88. The van der Waals surface area contributed by atoms with Gasteiger partial charge in [-0.3, -0.25) is 9.59 Å². The minimum atomic E-state index is -0.00416. The normalized spacial score (nSPS) is 15.1. The van der Waals surface area contributed by atoms with Gasteiger partial charge < -0.3 is 19.5 Å². The van der Waals surface area contributed by atoms with Crippen molar-refractivity contribution in [3.63, 3.8) is 0 Å². The average Bonchev–Trinajstić information content (AvgIpc) is 2.82. The predicted octanol–water partition coefficient (Wildman–Crippen LogP) is 3.51. The first-order valence-electron chi connectivity index (χ1n) is 11.3. The zero-order valence-electron chi connectivity index (χ0n) is 18.8. The predicted molar refractivity (Wildman–Crippen MR) is 127 cm³/mol. The smallest absolute Gasteiger partial charge is 0.251 e. The van der Waals surface area contributed by atoms with Gasteiger partial charge in [0.2, 0.25) is 0 Å². The van der Waals surface area contributed by atoms with Crippen molar-refractivity contribution in [2.24, 2.45) is 7.05 Å². The van der Waals surface area contributed by atoms with Crippen LogP contribution in [0.25, 0.3) is 10.9 Å². The van der Waals surface area contributed by atoms with E-state index in [1.807, 2.05) is 55.5 Å². The van der Waals surface area contributed by atoms with Crippen molar-refractivity contribution in [1.29, 1.82) is 0 Å². The molecule has 168 valence electrons. The van der Waals surface area contributed by atoms with Crippen LogP contribution in [0.15, 0.2) is 59.4 Å². The molecule has 1 aliphatic rings. The lowest BCUT2D eigenvalue weighted by molar-refractivity contribution is 0.0909. The Morgan fingerprint density at radius 2 is 1.84 bits per heavy atom. The Labute approximate surface area is 188 Å². The summed E-state index contributed by atoms with van der Waals surface area (Å²) in [5, 5.41) is 4.23. The number of aromatic nitrogens is 1. The van der Waals surface area contributed by atoms with Gasteiger partial charge >= 0.3 is 0 Å². The number of nitrogens with one attached hydrogen (secondary N) is 1. The zero-order chi connectivity index (χ0) is 22.5. The van der Waals surface area contributed by atoms with Gasteiger partial charge in [-0.05, 0) is 56.0 Å². The van der Waals surface area contributed by atoms with E-state index in [0.29, 0.717) is 6.61 Å². The first-order chi connectivity index (χ1) is 15.5. The molecule has 3 aromatic rings. The summed E-state index contributed by atoms with van der Waals surface area (Å²) >= 11 is 0. The van der Waals surface area contributed by atoms with Crippen LogP contribution in [0.1, 0.15) is 35.2 Å². The Hall–Kier alpha value is -3.12. The molecular formula is C26H31N3O3. The van der Waals surface area contributed by atoms with Crippen LogP contribution in [-0.2, 0) is 7.05 Å². The quantitative estimate of drug-likeness (QED) is 0.579. The molecule has 0 radical (unpaired) electrons. The van der Waals surface area contributed by atoms with Gasteiger partial charge in [0.25, 0.3) is 11.5 Å². The van der Waals surface area contributed by atoms with E-state index in [9.17, 15) is 9.59 Å². The van der Waals surface area contributed by atoms with Crippen LogP contribution >= 0.6 is 0 Å². The molecule has 2 heterocycles. The van der Waals surface area contributed by atoms with E-state index in [1.54, 1.807) is 17.7 Å². The third kappa shape index (κ3) is 5.19. The number of amides is 1. The Morgan fingerprint density at radius 1 is 1.09 bits per heavy atom. The molecule has 0 unspecified atom stereocenters. The van der Waals surface area contributed by atoms with Gasteiger partial charge in [0, 0.05) is 55.8 Å². The van der Waals surface area contributed by atoms with Gasteiger partial charge in [-0.1, -0.05) is 18.2 Å². The molecule has 1 aromatic heterocycles. The zero-order valence-corrected chi connectivity index (χ0v) is 18.8. The van der Waals surface area contributed by atoms with Crippen molar-refractivity contribution >= 4 is 16.8 Å². The van der Waals surface area contributed by atoms with Gasteiger partial charge in [-0.2, -0.15) is 0 Å². The average molecular weight is 434 g/mol. The molecule has 0 spiro atoms. The SMILES string of the molecule is Cc1cc(=O)n(C)c2cc(OCCCN3CCC(NC(=O)c4ccccc4)CC3)ccc12. The summed E-state index contributed by atoms with van der Waals surface area (Å²) in [4.78, 5) is 26.8. The monoisotopic (exact) mass is 433 g/mol. The van der Waals surface area contributed by atoms with Crippen molar-refractivity contribution in [2.75, 3.05) is 26.2 Å². The van der Waals surface area contributed by atoms with Gasteiger partial charge in [0.05, 0.1) is 12.1 Å². The van der Waals surface area contributed by atoms with Crippen LogP contribution in [-0.4, -0.2) is 47.7 Å². The van der Waals surface area contributed by atoms with E-state index in [4.69, 9.17) is 4.74 Å². The first-order valence-corrected chi connectivity index (χ1v) is 11.3. The van der Waals surface area contributed by atoms with Crippen LogP contribution < -0.4 is 15.6 Å². The fraction of sp³-hybridized carbons (Fsp3) is 0.385. The van der Waals surface area contributed by atoms with Crippen molar-refractivity contribution in [2.45, 2.75) is 32.2 Å². The minimum Gasteiger partial charge on any atom is -0.493 e. The molecule has 0 aliphatic carbocycles. The maximum Gasteiger partial charge on any atom is 0.251 e. The second-order valence-electron chi connectivity index (χ2n) is 8.56. The highest BCUT2D eigenvalue weighted by Gasteiger charge is 2.20. The first kappa shape index (κ1) is 22.1. The fourth-order valence-corrected chi connectivity index (χ4v) is 4.33. The molecule has 4 rings (SSSR count). The van der Waals surface area contributed by atoms with Gasteiger partial charge in [-0.25, -0.2) is 0 Å². The molecular weight excluding hydrogens is 402 g/mol. The molecule has 1 saturated heterocycles. The van der Waals surface area contributed by atoms with Gasteiger partial charge in [0.1, 0.15) is 5.75 Å². The van der Waals surface area contributed by atoms with Crippen LogP contribution in [0.4, 0.5) is 0 Å². The molecule has 1 fully saturated rings. The van der Waals surface area contributed by atoms with Crippen LogP contribution in [0.3, 0.4) is 0 Å². The van der Waals surface area contributed by atoms with Crippen LogP contribution in [0.5, 0.6) is 5.75 Å². The number of carbonyl (C=O) groups excluding carboxylic acids is 1. The van der Waals surface area contributed by atoms with Crippen molar-refractivity contribution < 1.29 is 9.53 Å². The molecule has 0 bridgehead atoms. The Kier molecular flexibility index (Phi) is 6.90. The summed E-state index contributed by atoms with van der Waals surface area (Å²) in [6, 6.07) is 17.2. The van der Waals surface area contributed by atoms with Crippen molar-refractivity contribution in [3.05, 3.63) is 76.1 Å². The second-order valence-corrected chi connectivity index (χ2v) is 8.56. The molecule has 6 heteroatoms. The van der Waals surface area contributed by atoms with Crippen LogP contribution in [0, 0.1) is 6.92 Å². The number of likely N-dealkylation sites (tertiary alicyclic amines) is 1. The standard InChI is InChI=1S/C26H31N3O3/c1-19-17-25(30)28(2)24-18-22(9-10-23(19)24)32-16-6-13-29-14-11-21(12-15-29)27-26(31)20-7-4-3-5-8-20/h3-5,7-10,17-18,21H,6,11-16H2,1-2H3,(H,27,31). The molecule has 1 amide bonds. The summed E-state index contributed by atoms with van der Waals surface area (Å²) in [5.74, 6) is 0.806. The molecule has 0 saturated carbocycles. The van der Waals surface area contributed by atoms with E-state index in [0.717, 1.165) is 66.7 Å². The van der Waals surface area contributed by atoms with Crippen molar-refractivity contribution in [3.8, 4) is 5.75 Å². The molecule has 1 aliphatic heterocycles. The lowest BCUT2D eigenvalue weighted by Crippen LogP contribution is -2.45. The number of piperidine rings is 1. The summed E-state index contributed by atoms with van der Waals surface area (Å²) in [5.41, 5.74) is 2.59. The Bertz CT molecular complexity index is 1130. The topological polar surface area (TPSA) is 63.6 Å². The van der Waals surface area contributed by atoms with Gasteiger partial charge in [-0.15, -0.1) is 0 Å². The van der Waals surface area contributed by atoms with Crippen LogP contribution in [0.2, 0.25) is 0 Å². The Morgan fingerprint density at radius 3 is 2.59 bits per heavy atom. The third-order valence-electron chi connectivity index (χ3n) is 6.27. The number of ether oxygens (including phenoxy) is 1. The lowest BCUT2D eigenvalue weighted by atomic mass is 10.0. The number of benzene rings is 2. The number of aryl methyl sites for hydroxylation is 2. The highest BCUT2D eigenvalue weighted by molar-refractivity contribution is 5.94. The summed E-state index contributed by atoms with van der Waals surface area (Å²) in [6.45, 7) is 5.54. The van der Waals surface area contributed by atoms with Crippen molar-refractivity contribution in [1.82, 2.24) is 14.8 Å². The third-order valence-corrected chi connectivity index (χ3v) is 6.27. The highest BCUT2D eigenvalue weighted by Crippen LogP contribution is 2.22. The minimum absolute atomic E-state index is 0.00416. The Balaban J connectivity index is 1.20. The molecule has 6 nitrogen and oxygen atoms in total. The van der Waals surface area contributed by atoms with E-state index >= 15 is 0 Å². The molecule has 2 aromatic carbocycles. The summed E-state index contributed by atoms with van der Waals surface area (Å²) < 4.78 is 7.63. The summed E-state index contributed by atoms with van der Waals surface area (Å²) in [7, 11) is 1.79. The molecule has 0 atom stereocenters. The van der Waals surface area contributed by atoms with E-state index in [2.05, 4.69) is 10.2 Å². The number of carbonyl (C=O) groups is 1. The maximum atomic E-state index is 12.3. The van der Waals surface area contributed by atoms with E-state index in [-0.39, 0.29) is 17.5 Å².